The molecular weight excluding hydrogens is 255 g/mol. The van der Waals surface area contributed by atoms with Gasteiger partial charge in [0.05, 0.1) is 6.54 Å². The fourth-order valence-electron chi connectivity index (χ4n) is 1.80. The van der Waals surface area contributed by atoms with E-state index in [4.69, 9.17) is 0 Å². The summed E-state index contributed by atoms with van der Waals surface area (Å²) >= 11 is 0. The van der Waals surface area contributed by atoms with Crippen LogP contribution in [0.3, 0.4) is 0 Å². The van der Waals surface area contributed by atoms with Crippen LogP contribution in [0.2, 0.25) is 0 Å². The Kier molecular flexibility index (Phi) is 4.71. The molecule has 0 bridgehead atoms. The van der Waals surface area contributed by atoms with Gasteiger partial charge >= 0.3 is 0 Å². The molecule has 0 aliphatic heterocycles. The van der Waals surface area contributed by atoms with E-state index < -0.39 is 0 Å². The molecule has 0 aromatic heterocycles. The maximum atomic E-state index is 12.7. The average Bonchev–Trinajstić information content (AvgIpc) is 2.45. The molecule has 0 atom stereocenters. The Morgan fingerprint density at radius 2 is 1.90 bits per heavy atom. The van der Waals surface area contributed by atoms with Crippen molar-refractivity contribution in [3.8, 4) is 0 Å². The molecule has 2 N–H and O–H groups in total. The fourth-order valence-corrected chi connectivity index (χ4v) is 1.80. The summed E-state index contributed by atoms with van der Waals surface area (Å²) in [6.07, 6.45) is 0. The minimum absolute atomic E-state index is 0.101. The van der Waals surface area contributed by atoms with Gasteiger partial charge in [0.1, 0.15) is 5.82 Å². The summed E-state index contributed by atoms with van der Waals surface area (Å²) < 4.78 is 12.7. The molecule has 0 radical (unpaired) electrons. The van der Waals surface area contributed by atoms with Gasteiger partial charge in [-0.15, -0.1) is 0 Å². The highest BCUT2D eigenvalue weighted by atomic mass is 19.1. The zero-order valence-electron chi connectivity index (χ0n) is 11.3. The second-order valence-electron chi connectivity index (χ2n) is 4.63. The Balaban J connectivity index is 1.77. The van der Waals surface area contributed by atoms with Crippen LogP contribution in [-0.2, 0) is 11.3 Å². The first-order valence-corrected chi connectivity index (χ1v) is 6.45. The smallest absolute Gasteiger partial charge is 0.239 e. The second-order valence-corrected chi connectivity index (χ2v) is 4.63. The largest absolute Gasteiger partial charge is 0.376 e. The molecule has 0 fully saturated rings. The van der Waals surface area contributed by atoms with Crippen LogP contribution in [0, 0.1) is 12.7 Å². The van der Waals surface area contributed by atoms with E-state index in [1.165, 1.54) is 12.1 Å². The minimum Gasteiger partial charge on any atom is -0.376 e. The fraction of sp³-hybridized carbons (Fsp3) is 0.188. The van der Waals surface area contributed by atoms with Crippen molar-refractivity contribution in [3.63, 3.8) is 0 Å². The van der Waals surface area contributed by atoms with E-state index in [1.54, 1.807) is 12.1 Å². The van der Waals surface area contributed by atoms with Crippen molar-refractivity contribution in [2.45, 2.75) is 13.5 Å². The van der Waals surface area contributed by atoms with E-state index in [1.807, 2.05) is 31.2 Å². The molecule has 104 valence electrons. The van der Waals surface area contributed by atoms with Gasteiger partial charge in [-0.2, -0.15) is 0 Å². The van der Waals surface area contributed by atoms with Crippen molar-refractivity contribution in [2.75, 3.05) is 11.9 Å². The van der Waals surface area contributed by atoms with Crippen LogP contribution < -0.4 is 10.6 Å². The molecule has 0 saturated heterocycles. The highest BCUT2D eigenvalue weighted by Crippen LogP contribution is 2.08. The van der Waals surface area contributed by atoms with Gasteiger partial charge in [-0.3, -0.25) is 4.79 Å². The van der Waals surface area contributed by atoms with Crippen LogP contribution in [-0.4, -0.2) is 12.5 Å². The van der Waals surface area contributed by atoms with E-state index in [-0.39, 0.29) is 18.3 Å². The lowest BCUT2D eigenvalue weighted by Gasteiger charge is -2.08. The van der Waals surface area contributed by atoms with Crippen molar-refractivity contribution in [2.24, 2.45) is 0 Å². The first-order chi connectivity index (χ1) is 9.63. The maximum absolute atomic E-state index is 12.7. The van der Waals surface area contributed by atoms with Crippen molar-refractivity contribution < 1.29 is 9.18 Å². The Bertz CT molecular complexity index is 581. The molecule has 1 amide bonds. The molecule has 0 unspecified atom stereocenters. The van der Waals surface area contributed by atoms with E-state index in [9.17, 15) is 9.18 Å². The zero-order chi connectivity index (χ0) is 14.4. The van der Waals surface area contributed by atoms with E-state index in [0.717, 1.165) is 16.8 Å². The number of hydrogen-bond donors (Lipinski definition) is 2. The minimum atomic E-state index is -0.277. The number of benzene rings is 2. The summed E-state index contributed by atoms with van der Waals surface area (Å²) in [5, 5.41) is 5.84. The second kappa shape index (κ2) is 6.70. The van der Waals surface area contributed by atoms with Crippen molar-refractivity contribution >= 4 is 11.6 Å². The number of nitrogens with one attached hydrogen (secondary N) is 2. The summed E-state index contributed by atoms with van der Waals surface area (Å²) in [4.78, 5) is 11.7. The topological polar surface area (TPSA) is 41.1 Å². The summed E-state index contributed by atoms with van der Waals surface area (Å²) in [5.41, 5.74) is 2.93. The molecule has 0 spiro atoms. The van der Waals surface area contributed by atoms with Crippen LogP contribution in [0.15, 0.2) is 48.5 Å². The normalized spacial score (nSPS) is 10.1. The number of carbonyl (C=O) groups excluding carboxylic acids is 1. The highest BCUT2D eigenvalue weighted by Gasteiger charge is 2.01. The Morgan fingerprint density at radius 3 is 2.60 bits per heavy atom. The number of amides is 1. The monoisotopic (exact) mass is 272 g/mol. The van der Waals surface area contributed by atoms with E-state index >= 15 is 0 Å². The Labute approximate surface area is 117 Å². The van der Waals surface area contributed by atoms with Gasteiger partial charge in [-0.25, -0.2) is 4.39 Å². The molecule has 3 nitrogen and oxygen atoms in total. The first kappa shape index (κ1) is 14.1. The van der Waals surface area contributed by atoms with Crippen LogP contribution in [0.25, 0.3) is 0 Å². The quantitative estimate of drug-likeness (QED) is 0.878. The third-order valence-corrected chi connectivity index (χ3v) is 2.87. The molecule has 0 aliphatic rings. The molecule has 2 aromatic carbocycles. The summed E-state index contributed by atoms with van der Waals surface area (Å²) in [5.74, 6) is -0.378. The van der Waals surface area contributed by atoms with Crippen molar-refractivity contribution in [1.82, 2.24) is 5.32 Å². The summed E-state index contributed by atoms with van der Waals surface area (Å²) in [6, 6.07) is 13.9. The lowest BCUT2D eigenvalue weighted by Crippen LogP contribution is -2.29. The summed E-state index contributed by atoms with van der Waals surface area (Å²) in [7, 11) is 0. The number of rotatable bonds is 5. The number of anilines is 1. The number of carbonyl (C=O) groups is 1. The predicted octanol–water partition coefficient (Wildman–Crippen LogP) is 2.86. The van der Waals surface area contributed by atoms with Gasteiger partial charge < -0.3 is 10.6 Å². The molecule has 0 aliphatic carbocycles. The van der Waals surface area contributed by atoms with E-state index in [0.29, 0.717) is 6.54 Å². The molecule has 4 heteroatoms. The number of halogens is 1. The van der Waals surface area contributed by atoms with Crippen molar-refractivity contribution in [1.29, 1.82) is 0 Å². The Hall–Kier alpha value is -2.36. The van der Waals surface area contributed by atoms with Gasteiger partial charge in [0.2, 0.25) is 5.91 Å². The van der Waals surface area contributed by atoms with Crippen LogP contribution in [0.5, 0.6) is 0 Å². The van der Waals surface area contributed by atoms with Gasteiger partial charge in [-0.1, -0.05) is 24.3 Å². The third-order valence-electron chi connectivity index (χ3n) is 2.87. The van der Waals surface area contributed by atoms with Gasteiger partial charge in [0, 0.05) is 12.2 Å². The van der Waals surface area contributed by atoms with Crippen LogP contribution in [0.4, 0.5) is 10.1 Å². The molecule has 0 heterocycles. The highest BCUT2D eigenvalue weighted by molar-refractivity contribution is 5.80. The van der Waals surface area contributed by atoms with Crippen LogP contribution >= 0.6 is 0 Å². The molecule has 20 heavy (non-hydrogen) atoms. The number of aryl methyl sites for hydroxylation is 1. The van der Waals surface area contributed by atoms with Gasteiger partial charge in [0.15, 0.2) is 0 Å². The van der Waals surface area contributed by atoms with Gasteiger partial charge in [0.25, 0.3) is 0 Å². The zero-order valence-corrected chi connectivity index (χ0v) is 11.3. The average molecular weight is 272 g/mol. The molecule has 2 rings (SSSR count). The lowest BCUT2D eigenvalue weighted by atomic mass is 10.2. The summed E-state index contributed by atoms with van der Waals surface area (Å²) in [6.45, 7) is 2.61. The molecule has 0 saturated carbocycles. The van der Waals surface area contributed by atoms with Crippen LogP contribution in [0.1, 0.15) is 11.1 Å². The molecule has 2 aromatic rings. The standard InChI is InChI=1S/C16H17FN2O/c1-12-3-2-4-15(9-12)18-11-16(20)19-10-13-5-7-14(17)8-6-13/h2-9,18H,10-11H2,1H3,(H,19,20). The molecular formula is C16H17FN2O. The Morgan fingerprint density at radius 1 is 1.15 bits per heavy atom. The predicted molar refractivity (Wildman–Crippen MR) is 77.9 cm³/mol. The number of hydrogen-bond acceptors (Lipinski definition) is 2. The SMILES string of the molecule is Cc1cccc(NCC(=O)NCc2ccc(F)cc2)c1. The maximum Gasteiger partial charge on any atom is 0.239 e. The van der Waals surface area contributed by atoms with E-state index in [2.05, 4.69) is 10.6 Å². The van der Waals surface area contributed by atoms with Crippen molar-refractivity contribution in [3.05, 3.63) is 65.5 Å². The third kappa shape index (κ3) is 4.39. The van der Waals surface area contributed by atoms with Gasteiger partial charge in [-0.05, 0) is 42.3 Å². The first-order valence-electron chi connectivity index (χ1n) is 6.45. The lowest BCUT2D eigenvalue weighted by molar-refractivity contribution is -0.119.